The zero-order valence-corrected chi connectivity index (χ0v) is 8.76. The maximum atomic E-state index is 11.1. The Hall–Kier alpha value is -1.10. The fraction of sp³-hybridized carbons (Fsp3) is 0.556. The van der Waals surface area contributed by atoms with E-state index in [2.05, 4.69) is 4.98 Å². The monoisotopic (exact) mass is 212 g/mol. The van der Waals surface area contributed by atoms with E-state index in [9.17, 15) is 4.79 Å². The second-order valence-electron chi connectivity index (χ2n) is 3.26. The molecule has 4 nitrogen and oxygen atoms in total. The first-order valence-electron chi connectivity index (χ1n) is 4.65. The van der Waals surface area contributed by atoms with Crippen LogP contribution in [0.25, 0.3) is 0 Å². The third-order valence-electron chi connectivity index (χ3n) is 2.04. The maximum Gasteiger partial charge on any atom is 0.264 e. The van der Waals surface area contributed by atoms with E-state index in [-0.39, 0.29) is 0 Å². The fourth-order valence-corrected chi connectivity index (χ4v) is 2.25. The van der Waals surface area contributed by atoms with Gasteiger partial charge in [0.2, 0.25) is 5.88 Å². The van der Waals surface area contributed by atoms with Gasteiger partial charge in [-0.25, -0.2) is 4.98 Å². The van der Waals surface area contributed by atoms with Gasteiger partial charge in [-0.1, -0.05) is 0 Å². The number of aromatic nitrogens is 1. The Morgan fingerprint density at radius 3 is 2.93 bits per heavy atom. The van der Waals surface area contributed by atoms with Crippen LogP contribution in [0, 0.1) is 0 Å². The Kier molecular flexibility index (Phi) is 2.41. The van der Waals surface area contributed by atoms with Crippen LogP contribution in [-0.4, -0.2) is 17.5 Å². The zero-order chi connectivity index (χ0) is 10.1. The first kappa shape index (κ1) is 9.45. The SMILES string of the molecule is CCOc1nc(C2CC2)sc1C(N)=O. The molecular weight excluding hydrogens is 200 g/mol. The number of amides is 1. The van der Waals surface area contributed by atoms with Crippen LogP contribution >= 0.6 is 11.3 Å². The average molecular weight is 212 g/mol. The molecule has 1 saturated carbocycles. The molecule has 5 heteroatoms. The van der Waals surface area contributed by atoms with Crippen molar-refractivity contribution in [3.05, 3.63) is 9.88 Å². The molecule has 0 radical (unpaired) electrons. The first-order chi connectivity index (χ1) is 6.72. The lowest BCUT2D eigenvalue weighted by Gasteiger charge is -1.98. The molecule has 1 aromatic heterocycles. The van der Waals surface area contributed by atoms with Crippen LogP contribution in [0.4, 0.5) is 0 Å². The number of nitrogens with two attached hydrogens (primary N) is 1. The summed E-state index contributed by atoms with van der Waals surface area (Å²) in [5, 5.41) is 0.988. The fourth-order valence-electron chi connectivity index (χ4n) is 1.22. The van der Waals surface area contributed by atoms with Crippen molar-refractivity contribution in [2.75, 3.05) is 6.61 Å². The van der Waals surface area contributed by atoms with Gasteiger partial charge in [0.05, 0.1) is 6.61 Å². The molecule has 1 amide bonds. The van der Waals surface area contributed by atoms with Crippen molar-refractivity contribution in [3.63, 3.8) is 0 Å². The molecule has 1 aliphatic rings. The van der Waals surface area contributed by atoms with Crippen LogP contribution in [-0.2, 0) is 0 Å². The highest BCUT2D eigenvalue weighted by Crippen LogP contribution is 2.43. The Bertz CT molecular complexity index is 358. The number of ether oxygens (including phenoxy) is 1. The molecular formula is C9H12N2O2S. The lowest BCUT2D eigenvalue weighted by atomic mass is 10.4. The van der Waals surface area contributed by atoms with Crippen molar-refractivity contribution >= 4 is 17.2 Å². The van der Waals surface area contributed by atoms with Gasteiger partial charge < -0.3 is 10.5 Å². The summed E-state index contributed by atoms with van der Waals surface area (Å²) in [5.41, 5.74) is 5.23. The number of primary amides is 1. The third-order valence-corrected chi connectivity index (χ3v) is 3.26. The molecule has 0 aliphatic heterocycles. The topological polar surface area (TPSA) is 65.2 Å². The zero-order valence-electron chi connectivity index (χ0n) is 7.95. The van der Waals surface area contributed by atoms with Crippen molar-refractivity contribution in [2.24, 2.45) is 5.73 Å². The number of hydrogen-bond acceptors (Lipinski definition) is 4. The number of hydrogen-bond donors (Lipinski definition) is 1. The van der Waals surface area contributed by atoms with Gasteiger partial charge in [-0.05, 0) is 19.8 Å². The van der Waals surface area contributed by atoms with Gasteiger partial charge in [-0.3, -0.25) is 4.79 Å². The van der Waals surface area contributed by atoms with E-state index in [0.29, 0.717) is 23.3 Å². The summed E-state index contributed by atoms with van der Waals surface area (Å²) in [6.45, 7) is 2.37. The Balaban J connectivity index is 2.29. The summed E-state index contributed by atoms with van der Waals surface area (Å²) in [5.74, 6) is 0.497. The number of nitrogens with zero attached hydrogens (tertiary/aromatic N) is 1. The van der Waals surface area contributed by atoms with Gasteiger partial charge in [-0.2, -0.15) is 0 Å². The van der Waals surface area contributed by atoms with Crippen molar-refractivity contribution in [1.82, 2.24) is 4.98 Å². The van der Waals surface area contributed by atoms with Crippen LogP contribution in [0.1, 0.15) is 40.4 Å². The summed E-state index contributed by atoms with van der Waals surface area (Å²) in [6, 6.07) is 0. The van der Waals surface area contributed by atoms with Gasteiger partial charge >= 0.3 is 0 Å². The highest BCUT2D eigenvalue weighted by atomic mass is 32.1. The van der Waals surface area contributed by atoms with E-state index in [1.165, 1.54) is 11.3 Å². The van der Waals surface area contributed by atoms with E-state index in [1.807, 2.05) is 6.92 Å². The van der Waals surface area contributed by atoms with E-state index in [1.54, 1.807) is 0 Å². The Morgan fingerprint density at radius 2 is 2.43 bits per heavy atom. The summed E-state index contributed by atoms with van der Waals surface area (Å²) < 4.78 is 5.26. The molecule has 0 atom stereocenters. The number of thiazole rings is 1. The third kappa shape index (κ3) is 1.72. The minimum absolute atomic E-state index is 0.409. The highest BCUT2D eigenvalue weighted by molar-refractivity contribution is 7.14. The second kappa shape index (κ2) is 3.57. The number of rotatable bonds is 4. The molecule has 0 aromatic carbocycles. The smallest absolute Gasteiger partial charge is 0.264 e. The standard InChI is InChI=1S/C9H12N2O2S/c1-2-13-8-6(7(10)12)14-9(11-8)5-3-4-5/h5H,2-4H2,1H3,(H2,10,12). The highest BCUT2D eigenvalue weighted by Gasteiger charge is 2.29. The quantitative estimate of drug-likeness (QED) is 0.822. The largest absolute Gasteiger partial charge is 0.477 e. The van der Waals surface area contributed by atoms with Crippen LogP contribution in [0.15, 0.2) is 0 Å². The van der Waals surface area contributed by atoms with Gasteiger partial charge in [0.15, 0.2) is 4.88 Å². The molecule has 0 saturated heterocycles. The van der Waals surface area contributed by atoms with Gasteiger partial charge in [0, 0.05) is 5.92 Å². The van der Waals surface area contributed by atoms with Crippen molar-refractivity contribution in [2.45, 2.75) is 25.7 Å². The Morgan fingerprint density at radius 1 is 1.71 bits per heavy atom. The van der Waals surface area contributed by atoms with Gasteiger partial charge in [-0.15, -0.1) is 11.3 Å². The minimum Gasteiger partial charge on any atom is -0.477 e. The van der Waals surface area contributed by atoms with Gasteiger partial charge in [0.25, 0.3) is 5.91 Å². The predicted octanol–water partition coefficient (Wildman–Crippen LogP) is 1.52. The molecule has 1 heterocycles. The summed E-state index contributed by atoms with van der Waals surface area (Å²) in [7, 11) is 0. The molecule has 0 spiro atoms. The van der Waals surface area contributed by atoms with Crippen molar-refractivity contribution in [1.29, 1.82) is 0 Å². The molecule has 2 rings (SSSR count). The van der Waals surface area contributed by atoms with Crippen LogP contribution in [0.5, 0.6) is 5.88 Å². The molecule has 1 aliphatic carbocycles. The molecule has 0 bridgehead atoms. The molecule has 1 fully saturated rings. The van der Waals surface area contributed by atoms with Crippen molar-refractivity contribution < 1.29 is 9.53 Å². The number of carbonyl (C=O) groups excluding carboxylic acids is 1. The summed E-state index contributed by atoms with van der Waals surface area (Å²) in [6.07, 6.45) is 2.33. The summed E-state index contributed by atoms with van der Waals surface area (Å²) in [4.78, 5) is 15.8. The lowest BCUT2D eigenvalue weighted by Crippen LogP contribution is -2.10. The van der Waals surface area contributed by atoms with E-state index in [0.717, 1.165) is 17.8 Å². The second-order valence-corrected chi connectivity index (χ2v) is 4.29. The van der Waals surface area contributed by atoms with Crippen molar-refractivity contribution in [3.8, 4) is 5.88 Å². The van der Waals surface area contributed by atoms with E-state index >= 15 is 0 Å². The van der Waals surface area contributed by atoms with Crippen LogP contribution in [0.3, 0.4) is 0 Å². The van der Waals surface area contributed by atoms with E-state index < -0.39 is 5.91 Å². The van der Waals surface area contributed by atoms with E-state index in [4.69, 9.17) is 10.5 Å². The number of carbonyl (C=O) groups is 1. The van der Waals surface area contributed by atoms with Gasteiger partial charge in [0.1, 0.15) is 5.01 Å². The Labute approximate surface area is 86.1 Å². The molecule has 2 N–H and O–H groups in total. The van der Waals surface area contributed by atoms with Crippen LogP contribution < -0.4 is 10.5 Å². The molecule has 0 unspecified atom stereocenters. The average Bonchev–Trinajstić information content (AvgIpc) is 2.89. The molecule has 1 aromatic rings. The maximum absolute atomic E-state index is 11.1. The lowest BCUT2D eigenvalue weighted by molar-refractivity contribution is 0.100. The molecule has 14 heavy (non-hydrogen) atoms. The summed E-state index contributed by atoms with van der Waals surface area (Å²) >= 11 is 1.37. The normalized spacial score (nSPS) is 15.5. The minimum atomic E-state index is -0.446. The predicted molar refractivity (Wildman–Crippen MR) is 53.8 cm³/mol. The molecule has 76 valence electrons. The first-order valence-corrected chi connectivity index (χ1v) is 5.47. The van der Waals surface area contributed by atoms with Crippen LogP contribution in [0.2, 0.25) is 0 Å².